The number of benzene rings is 1. The van der Waals surface area contributed by atoms with E-state index in [4.69, 9.17) is 0 Å². The lowest BCUT2D eigenvalue weighted by molar-refractivity contribution is -0.385. The molecular weight excluding hydrogens is 302 g/mol. The summed E-state index contributed by atoms with van der Waals surface area (Å²) in [7, 11) is 0. The molecule has 0 heterocycles. The normalized spacial score (nSPS) is 10.1. The lowest BCUT2D eigenvalue weighted by Crippen LogP contribution is -2.29. The summed E-state index contributed by atoms with van der Waals surface area (Å²) in [5, 5.41) is 16.5. The molecule has 98 valence electrons. The van der Waals surface area contributed by atoms with Gasteiger partial charge >= 0.3 is 0 Å². The van der Waals surface area contributed by atoms with Gasteiger partial charge in [0.25, 0.3) is 5.69 Å². The molecule has 0 aliphatic carbocycles. The van der Waals surface area contributed by atoms with Crippen LogP contribution in [0.4, 0.5) is 5.69 Å². The molecule has 1 rings (SSSR count). The number of hydrogen-bond donors (Lipinski definition) is 2. The molecule has 1 amide bonds. The molecule has 6 nitrogen and oxygen atoms in total. The van der Waals surface area contributed by atoms with Gasteiger partial charge in [-0.3, -0.25) is 14.9 Å². The summed E-state index contributed by atoms with van der Waals surface area (Å²) in [4.78, 5) is 20.9. The number of hydrogen-bond acceptors (Lipinski definition) is 4. The quantitative estimate of drug-likeness (QED) is 0.474. The third kappa shape index (κ3) is 4.42. The van der Waals surface area contributed by atoms with Crippen LogP contribution in [-0.4, -0.2) is 23.9 Å². The molecule has 0 fully saturated rings. The highest BCUT2D eigenvalue weighted by Gasteiger charge is 2.14. The first kappa shape index (κ1) is 14.6. The fraction of sp³-hybridized carbons (Fsp3) is 0.364. The second-order valence-electron chi connectivity index (χ2n) is 3.67. The van der Waals surface area contributed by atoms with Gasteiger partial charge in [0.15, 0.2) is 0 Å². The van der Waals surface area contributed by atoms with Gasteiger partial charge in [0.2, 0.25) is 5.91 Å². The van der Waals surface area contributed by atoms with Gasteiger partial charge in [0, 0.05) is 32.6 Å². The molecule has 0 aromatic heterocycles. The average molecular weight is 316 g/mol. The summed E-state index contributed by atoms with van der Waals surface area (Å²) < 4.78 is 0.488. The van der Waals surface area contributed by atoms with E-state index in [1.165, 1.54) is 13.0 Å². The van der Waals surface area contributed by atoms with Gasteiger partial charge in [0.05, 0.1) is 9.40 Å². The maximum Gasteiger partial charge on any atom is 0.283 e. The highest BCUT2D eigenvalue weighted by molar-refractivity contribution is 9.10. The SMILES string of the molecule is CC(=O)NCCNCc1cccc([N+](=O)[O-])c1Br. The van der Waals surface area contributed by atoms with E-state index >= 15 is 0 Å². The molecule has 7 heteroatoms. The molecule has 1 aromatic carbocycles. The molecule has 1 aromatic rings. The molecule has 0 saturated carbocycles. The third-order valence-electron chi connectivity index (χ3n) is 2.25. The second-order valence-corrected chi connectivity index (χ2v) is 4.46. The zero-order valence-electron chi connectivity index (χ0n) is 9.90. The molecule has 0 unspecified atom stereocenters. The highest BCUT2D eigenvalue weighted by Crippen LogP contribution is 2.27. The highest BCUT2D eigenvalue weighted by atomic mass is 79.9. The van der Waals surface area contributed by atoms with Gasteiger partial charge in [-0.2, -0.15) is 0 Å². The Morgan fingerprint density at radius 3 is 2.78 bits per heavy atom. The van der Waals surface area contributed by atoms with Crippen molar-refractivity contribution in [3.8, 4) is 0 Å². The van der Waals surface area contributed by atoms with E-state index in [9.17, 15) is 14.9 Å². The van der Waals surface area contributed by atoms with Crippen LogP contribution in [0.15, 0.2) is 22.7 Å². The number of rotatable bonds is 6. The monoisotopic (exact) mass is 315 g/mol. The Labute approximate surface area is 113 Å². The van der Waals surface area contributed by atoms with Crippen LogP contribution in [0.1, 0.15) is 12.5 Å². The minimum Gasteiger partial charge on any atom is -0.355 e. The Morgan fingerprint density at radius 2 is 2.17 bits per heavy atom. The Bertz CT molecular complexity index is 451. The number of nitrogens with one attached hydrogen (secondary N) is 2. The third-order valence-corrected chi connectivity index (χ3v) is 3.16. The number of halogens is 1. The first-order valence-electron chi connectivity index (χ1n) is 5.39. The molecular formula is C11H14BrN3O3. The Kier molecular flexibility index (Phi) is 5.73. The molecule has 0 atom stereocenters. The van der Waals surface area contributed by atoms with E-state index in [0.717, 1.165) is 5.56 Å². The van der Waals surface area contributed by atoms with Crippen molar-refractivity contribution in [1.29, 1.82) is 0 Å². The largest absolute Gasteiger partial charge is 0.355 e. The second kappa shape index (κ2) is 7.07. The molecule has 0 saturated heterocycles. The Morgan fingerprint density at radius 1 is 1.44 bits per heavy atom. The average Bonchev–Trinajstić information content (AvgIpc) is 2.30. The van der Waals surface area contributed by atoms with E-state index in [1.807, 2.05) is 6.07 Å². The fourth-order valence-corrected chi connectivity index (χ4v) is 1.94. The Balaban J connectivity index is 2.50. The van der Waals surface area contributed by atoms with Crippen LogP contribution in [0.2, 0.25) is 0 Å². The van der Waals surface area contributed by atoms with Crippen molar-refractivity contribution in [2.75, 3.05) is 13.1 Å². The molecule has 0 aliphatic rings. The zero-order valence-corrected chi connectivity index (χ0v) is 11.5. The number of amides is 1. The van der Waals surface area contributed by atoms with E-state index in [-0.39, 0.29) is 11.6 Å². The minimum absolute atomic E-state index is 0.0520. The lowest BCUT2D eigenvalue weighted by atomic mass is 10.2. The van der Waals surface area contributed by atoms with Gasteiger partial charge in [-0.1, -0.05) is 12.1 Å². The van der Waals surface area contributed by atoms with Gasteiger partial charge in [-0.25, -0.2) is 0 Å². The molecule has 0 radical (unpaired) electrons. The van der Waals surface area contributed by atoms with Crippen molar-refractivity contribution in [3.05, 3.63) is 38.3 Å². The molecule has 2 N–H and O–H groups in total. The summed E-state index contributed by atoms with van der Waals surface area (Å²) in [6.07, 6.45) is 0. The molecule has 0 aliphatic heterocycles. The number of nitro groups is 1. The number of nitro benzene ring substituents is 1. The Hall–Kier alpha value is -1.47. The van der Waals surface area contributed by atoms with Crippen LogP contribution in [0, 0.1) is 10.1 Å². The van der Waals surface area contributed by atoms with Crippen molar-refractivity contribution in [1.82, 2.24) is 10.6 Å². The van der Waals surface area contributed by atoms with Gasteiger partial charge < -0.3 is 10.6 Å². The summed E-state index contributed by atoms with van der Waals surface area (Å²) in [6, 6.07) is 4.90. The molecule has 18 heavy (non-hydrogen) atoms. The predicted octanol–water partition coefficient (Wildman–Crippen LogP) is 1.58. The fourth-order valence-electron chi connectivity index (χ4n) is 1.39. The lowest BCUT2D eigenvalue weighted by Gasteiger charge is -2.07. The first-order valence-corrected chi connectivity index (χ1v) is 6.18. The number of carbonyl (C=O) groups is 1. The maximum absolute atomic E-state index is 10.7. The van der Waals surface area contributed by atoms with Crippen molar-refractivity contribution < 1.29 is 9.72 Å². The number of carbonyl (C=O) groups excluding carboxylic acids is 1. The predicted molar refractivity (Wildman–Crippen MR) is 71.2 cm³/mol. The first-order chi connectivity index (χ1) is 8.52. The van der Waals surface area contributed by atoms with Gasteiger partial charge in [0.1, 0.15) is 0 Å². The van der Waals surface area contributed by atoms with Crippen molar-refractivity contribution in [2.24, 2.45) is 0 Å². The summed E-state index contributed by atoms with van der Waals surface area (Å²) in [6.45, 7) is 3.09. The van der Waals surface area contributed by atoms with Crippen LogP contribution >= 0.6 is 15.9 Å². The van der Waals surface area contributed by atoms with Crippen LogP contribution < -0.4 is 10.6 Å². The molecule has 0 bridgehead atoms. The maximum atomic E-state index is 10.7. The number of nitrogens with zero attached hydrogens (tertiary/aromatic N) is 1. The minimum atomic E-state index is -0.426. The van der Waals surface area contributed by atoms with E-state index in [2.05, 4.69) is 26.6 Å². The van der Waals surface area contributed by atoms with Gasteiger partial charge in [-0.15, -0.1) is 0 Å². The van der Waals surface area contributed by atoms with Crippen LogP contribution in [0.25, 0.3) is 0 Å². The summed E-state index contributed by atoms with van der Waals surface area (Å²) in [5.74, 6) is -0.0756. The molecule has 0 spiro atoms. The van der Waals surface area contributed by atoms with E-state index in [1.54, 1.807) is 6.07 Å². The van der Waals surface area contributed by atoms with Crippen molar-refractivity contribution in [2.45, 2.75) is 13.5 Å². The zero-order chi connectivity index (χ0) is 13.5. The van der Waals surface area contributed by atoms with Crippen LogP contribution in [-0.2, 0) is 11.3 Å². The topological polar surface area (TPSA) is 84.3 Å². The van der Waals surface area contributed by atoms with Crippen molar-refractivity contribution in [3.63, 3.8) is 0 Å². The van der Waals surface area contributed by atoms with E-state index in [0.29, 0.717) is 24.1 Å². The van der Waals surface area contributed by atoms with Crippen LogP contribution in [0.5, 0.6) is 0 Å². The summed E-state index contributed by atoms with van der Waals surface area (Å²) >= 11 is 3.22. The van der Waals surface area contributed by atoms with Gasteiger partial charge in [-0.05, 0) is 21.5 Å². The van der Waals surface area contributed by atoms with E-state index < -0.39 is 4.92 Å². The summed E-state index contributed by atoms with van der Waals surface area (Å²) in [5.41, 5.74) is 0.864. The van der Waals surface area contributed by atoms with Crippen LogP contribution in [0.3, 0.4) is 0 Å². The van der Waals surface area contributed by atoms with Crippen molar-refractivity contribution >= 4 is 27.5 Å². The smallest absolute Gasteiger partial charge is 0.283 e. The standard InChI is InChI=1S/C11H14BrN3O3/c1-8(16)14-6-5-13-7-9-3-2-4-10(11(9)12)15(17)18/h2-4,13H,5-7H2,1H3,(H,14,16).